The fourth-order valence-corrected chi connectivity index (χ4v) is 3.68. The van der Waals surface area contributed by atoms with Gasteiger partial charge in [-0.15, -0.1) is 11.8 Å². The van der Waals surface area contributed by atoms with Crippen molar-refractivity contribution in [3.05, 3.63) is 32.1 Å². The van der Waals surface area contributed by atoms with Gasteiger partial charge in [-0.1, -0.05) is 32.6 Å². The number of thioether (sulfide) groups is 1. The molecule has 0 atom stereocenters. The number of non-ortho nitro benzene ring substituents is 1. The lowest BCUT2D eigenvalue weighted by atomic mass is 10.2. The number of aromatic amines is 1. The summed E-state index contributed by atoms with van der Waals surface area (Å²) in [6.07, 6.45) is -0.138. The van der Waals surface area contributed by atoms with Gasteiger partial charge in [0.25, 0.3) is 5.69 Å². The molecule has 0 aliphatic rings. The molecule has 0 unspecified atom stereocenters. The van der Waals surface area contributed by atoms with Crippen LogP contribution in [0.2, 0.25) is 0 Å². The number of benzene rings is 1. The van der Waals surface area contributed by atoms with Crippen LogP contribution in [-0.4, -0.2) is 25.6 Å². The van der Waals surface area contributed by atoms with Crippen LogP contribution in [-0.2, 0) is 6.18 Å². The molecule has 0 saturated heterocycles. The lowest BCUT2D eigenvalue weighted by Gasteiger charge is -2.05. The number of aromatic nitrogens is 2. The Bertz CT molecular complexity index is 854. The van der Waals surface area contributed by atoms with Gasteiger partial charge in [-0.2, -0.15) is 13.2 Å². The summed E-state index contributed by atoms with van der Waals surface area (Å²) in [6.45, 7) is 2.06. The van der Waals surface area contributed by atoms with Gasteiger partial charge in [0.1, 0.15) is 4.90 Å². The van der Waals surface area contributed by atoms with Crippen molar-refractivity contribution in [1.82, 2.24) is 9.97 Å². The average molecular weight is 406 g/mol. The molecule has 2 rings (SSSR count). The maximum absolute atomic E-state index is 13.0. The van der Waals surface area contributed by atoms with Crippen molar-refractivity contribution in [3.63, 3.8) is 0 Å². The fraction of sp³-hybridized carbons (Fsp3) is 0.533. The Labute approximate surface area is 155 Å². The molecular formula is C15H17F3N4O4S. The summed E-state index contributed by atoms with van der Waals surface area (Å²) >= 11 is 1.00. The van der Waals surface area contributed by atoms with E-state index in [2.05, 4.69) is 11.9 Å². The number of unbranched alkanes of at least 4 members (excludes halogenated alkanes) is 4. The molecule has 0 fully saturated rings. The molecule has 1 N–H and O–H groups in total. The molecule has 1 aromatic carbocycles. The summed E-state index contributed by atoms with van der Waals surface area (Å²) < 4.78 is 38.9. The second-order valence-electron chi connectivity index (χ2n) is 5.83. The molecule has 1 aromatic heterocycles. The molecule has 12 heteroatoms. The van der Waals surface area contributed by atoms with Crippen molar-refractivity contribution in [1.29, 1.82) is 0 Å². The van der Waals surface area contributed by atoms with Gasteiger partial charge in [0.05, 0.1) is 21.4 Å². The van der Waals surface area contributed by atoms with Crippen molar-refractivity contribution in [2.75, 3.05) is 5.75 Å². The zero-order valence-electron chi connectivity index (χ0n) is 14.3. The largest absolute Gasteiger partial charge is 0.449 e. The highest BCUT2D eigenvalue weighted by molar-refractivity contribution is 7.99. The number of halogens is 3. The lowest BCUT2D eigenvalue weighted by Crippen LogP contribution is -2.07. The Morgan fingerprint density at radius 3 is 2.30 bits per heavy atom. The van der Waals surface area contributed by atoms with E-state index in [0.717, 1.165) is 43.9 Å². The van der Waals surface area contributed by atoms with Gasteiger partial charge in [-0.05, 0) is 12.2 Å². The number of rotatable bonds is 9. The normalized spacial score (nSPS) is 11.9. The zero-order chi connectivity index (χ0) is 20.2. The summed E-state index contributed by atoms with van der Waals surface area (Å²) in [5.41, 5.74) is -2.31. The second-order valence-corrected chi connectivity index (χ2v) is 6.93. The Hall–Kier alpha value is -2.37. The Morgan fingerprint density at radius 1 is 1.11 bits per heavy atom. The minimum atomic E-state index is -4.86. The number of H-pyrrole nitrogens is 1. The number of nitrogens with one attached hydrogen (secondary N) is 1. The van der Waals surface area contributed by atoms with Gasteiger partial charge in [-0.3, -0.25) is 20.2 Å². The monoisotopic (exact) mass is 406 g/mol. The summed E-state index contributed by atoms with van der Waals surface area (Å²) in [5, 5.41) is 22.5. The highest BCUT2D eigenvalue weighted by Gasteiger charge is 2.38. The van der Waals surface area contributed by atoms with E-state index in [1.165, 1.54) is 0 Å². The van der Waals surface area contributed by atoms with E-state index in [1.807, 2.05) is 4.98 Å². The third kappa shape index (κ3) is 4.87. The van der Waals surface area contributed by atoms with Crippen LogP contribution in [0.25, 0.3) is 11.0 Å². The molecule has 0 radical (unpaired) electrons. The first-order valence-electron chi connectivity index (χ1n) is 8.22. The summed E-state index contributed by atoms with van der Waals surface area (Å²) in [4.78, 5) is 25.9. The van der Waals surface area contributed by atoms with E-state index in [-0.39, 0.29) is 10.4 Å². The molecule has 8 nitrogen and oxygen atoms in total. The maximum Gasteiger partial charge on any atom is 0.449 e. The molecule has 0 aliphatic carbocycles. The molecule has 0 amide bonds. The van der Waals surface area contributed by atoms with Crippen LogP contribution >= 0.6 is 11.8 Å². The molecule has 1 heterocycles. The molecule has 0 spiro atoms. The Morgan fingerprint density at radius 2 is 1.74 bits per heavy atom. The molecule has 0 bridgehead atoms. The van der Waals surface area contributed by atoms with Gasteiger partial charge in [0.15, 0.2) is 5.52 Å². The predicted octanol–water partition coefficient (Wildman–Crippen LogP) is 5.46. The molecular weight excluding hydrogens is 389 g/mol. The van der Waals surface area contributed by atoms with Crippen LogP contribution in [0.5, 0.6) is 0 Å². The predicted molar refractivity (Wildman–Crippen MR) is 93.9 cm³/mol. The van der Waals surface area contributed by atoms with Crippen molar-refractivity contribution < 1.29 is 23.0 Å². The number of hydrogen-bond acceptors (Lipinski definition) is 6. The highest BCUT2D eigenvalue weighted by atomic mass is 32.2. The van der Waals surface area contributed by atoms with Crippen LogP contribution in [0.15, 0.2) is 11.0 Å². The first kappa shape index (κ1) is 20.9. The smallest absolute Gasteiger partial charge is 0.333 e. The SMILES string of the molecule is CCCCCCCSc1c([N+](=O)[O-])cc([N+](=O)[O-])c2nc(C(F)(F)F)[nH]c12. The molecule has 0 aliphatic heterocycles. The van der Waals surface area contributed by atoms with Gasteiger partial charge in [-0.25, -0.2) is 4.98 Å². The van der Waals surface area contributed by atoms with Crippen LogP contribution < -0.4 is 0 Å². The fourth-order valence-electron chi connectivity index (χ4n) is 2.55. The highest BCUT2D eigenvalue weighted by Crippen LogP contribution is 2.42. The first-order chi connectivity index (χ1) is 12.7. The lowest BCUT2D eigenvalue weighted by molar-refractivity contribution is -0.394. The van der Waals surface area contributed by atoms with Crippen LogP contribution in [0, 0.1) is 20.2 Å². The minimum Gasteiger partial charge on any atom is -0.333 e. The van der Waals surface area contributed by atoms with Crippen molar-refractivity contribution >= 4 is 34.2 Å². The van der Waals surface area contributed by atoms with E-state index in [4.69, 9.17) is 0 Å². The summed E-state index contributed by atoms with van der Waals surface area (Å²) in [5.74, 6) is -0.983. The summed E-state index contributed by atoms with van der Waals surface area (Å²) in [6, 6.07) is 0.669. The maximum atomic E-state index is 13.0. The topological polar surface area (TPSA) is 115 Å². The van der Waals surface area contributed by atoms with Crippen LogP contribution in [0.3, 0.4) is 0 Å². The van der Waals surface area contributed by atoms with Crippen molar-refractivity contribution in [2.45, 2.75) is 50.1 Å². The molecule has 27 heavy (non-hydrogen) atoms. The van der Waals surface area contributed by atoms with E-state index < -0.39 is 38.7 Å². The number of imidazole rings is 1. The van der Waals surface area contributed by atoms with Gasteiger partial charge >= 0.3 is 11.9 Å². The van der Waals surface area contributed by atoms with Crippen molar-refractivity contribution in [2.24, 2.45) is 0 Å². The zero-order valence-corrected chi connectivity index (χ0v) is 15.2. The number of fused-ring (bicyclic) bond motifs is 1. The van der Waals surface area contributed by atoms with Gasteiger partial charge in [0.2, 0.25) is 5.82 Å². The number of nitro groups is 2. The Balaban J connectivity index is 2.47. The molecule has 148 valence electrons. The minimum absolute atomic E-state index is 0.0703. The van der Waals surface area contributed by atoms with Crippen LogP contribution in [0.1, 0.15) is 44.9 Å². The first-order valence-corrected chi connectivity index (χ1v) is 9.20. The average Bonchev–Trinajstić information content (AvgIpc) is 3.02. The van der Waals surface area contributed by atoms with E-state index in [9.17, 15) is 33.4 Å². The number of nitrogens with zero attached hydrogens (tertiary/aromatic N) is 3. The van der Waals surface area contributed by atoms with Gasteiger partial charge < -0.3 is 4.98 Å². The van der Waals surface area contributed by atoms with Crippen molar-refractivity contribution in [3.8, 4) is 0 Å². The van der Waals surface area contributed by atoms with E-state index in [1.54, 1.807) is 0 Å². The molecule has 0 saturated carbocycles. The number of hydrogen-bond donors (Lipinski definition) is 1. The third-order valence-corrected chi connectivity index (χ3v) is 5.03. The molecule has 2 aromatic rings. The summed E-state index contributed by atoms with van der Waals surface area (Å²) in [7, 11) is 0. The second kappa shape index (κ2) is 8.55. The van der Waals surface area contributed by atoms with Crippen LogP contribution in [0.4, 0.5) is 24.5 Å². The quantitative estimate of drug-likeness (QED) is 0.256. The Kier molecular flexibility index (Phi) is 6.63. The standard InChI is InChI=1S/C15H17F3N4O4S/c1-2-3-4-5-6-7-27-13-10(22(25)26)8-9(21(23)24)11-12(13)20-14(19-11)15(16,17)18/h8H,2-7H2,1H3,(H,19,20). The number of alkyl halides is 3. The third-order valence-electron chi connectivity index (χ3n) is 3.84. The number of nitro benzene ring substituents is 2. The van der Waals surface area contributed by atoms with E-state index >= 15 is 0 Å². The van der Waals surface area contributed by atoms with Gasteiger partial charge in [0, 0.05) is 0 Å². The van der Waals surface area contributed by atoms with E-state index in [0.29, 0.717) is 11.8 Å².